The van der Waals surface area contributed by atoms with Crippen LogP contribution < -0.4 is 5.32 Å². The molecule has 0 saturated heterocycles. The molecule has 0 radical (unpaired) electrons. The minimum Gasteiger partial charge on any atom is -0.378 e. The highest BCUT2D eigenvalue weighted by atomic mass is 35.5. The average molecular weight is 304 g/mol. The molecule has 0 spiro atoms. The van der Waals surface area contributed by atoms with Crippen LogP contribution in [0.5, 0.6) is 0 Å². The first-order valence-corrected chi connectivity index (χ1v) is 7.57. The smallest absolute Gasteiger partial charge is 0.0931 e. The summed E-state index contributed by atoms with van der Waals surface area (Å²) in [5, 5.41) is 5.55. The molecule has 0 aliphatic heterocycles. The zero-order valence-electron chi connectivity index (χ0n) is 10.9. The minimum atomic E-state index is 0.233. The van der Waals surface area contributed by atoms with Gasteiger partial charge in [-0.05, 0) is 41.6 Å². The summed E-state index contributed by atoms with van der Waals surface area (Å²) in [5.41, 5.74) is 4.44. The van der Waals surface area contributed by atoms with Crippen molar-refractivity contribution in [3.05, 3.63) is 58.1 Å². The Morgan fingerprint density at radius 1 is 1.30 bits per heavy atom. The van der Waals surface area contributed by atoms with Gasteiger partial charge >= 0.3 is 0 Å². The maximum absolute atomic E-state index is 5.97. The van der Waals surface area contributed by atoms with E-state index in [4.69, 9.17) is 11.6 Å². The van der Waals surface area contributed by atoms with Crippen molar-refractivity contribution in [3.8, 4) is 11.3 Å². The highest BCUT2D eigenvalue weighted by Gasteiger charge is 2.07. The third kappa shape index (κ3) is 2.86. The van der Waals surface area contributed by atoms with Crippen molar-refractivity contribution in [1.82, 2.24) is 9.97 Å². The van der Waals surface area contributed by atoms with Gasteiger partial charge in [0.15, 0.2) is 0 Å². The van der Waals surface area contributed by atoms with E-state index in [1.54, 1.807) is 17.7 Å². The molecule has 1 atom stereocenters. The van der Waals surface area contributed by atoms with Crippen molar-refractivity contribution in [2.75, 3.05) is 5.32 Å². The molecule has 1 aromatic carbocycles. The Kier molecular flexibility index (Phi) is 3.76. The Morgan fingerprint density at radius 3 is 2.70 bits per heavy atom. The number of rotatable bonds is 4. The van der Waals surface area contributed by atoms with Gasteiger partial charge in [-0.15, -0.1) is 11.3 Å². The van der Waals surface area contributed by atoms with Gasteiger partial charge in [-0.1, -0.05) is 23.7 Å². The summed E-state index contributed by atoms with van der Waals surface area (Å²) in [5.74, 6) is 0. The van der Waals surface area contributed by atoms with Crippen LogP contribution in [-0.2, 0) is 0 Å². The molecular formula is C15H14ClN3S. The lowest BCUT2D eigenvalue weighted by molar-refractivity contribution is 0.891. The average Bonchev–Trinajstić information content (AvgIpc) is 3.10. The summed E-state index contributed by atoms with van der Waals surface area (Å²) < 4.78 is 0.822. The summed E-state index contributed by atoms with van der Waals surface area (Å²) in [6, 6.07) is 10.5. The molecule has 20 heavy (non-hydrogen) atoms. The highest BCUT2D eigenvalue weighted by Crippen LogP contribution is 2.27. The van der Waals surface area contributed by atoms with Gasteiger partial charge in [0.05, 0.1) is 22.6 Å². The Bertz CT molecular complexity index is 673. The van der Waals surface area contributed by atoms with E-state index in [0.717, 1.165) is 21.3 Å². The fourth-order valence-electron chi connectivity index (χ4n) is 2.04. The number of thiophene rings is 1. The molecule has 0 fully saturated rings. The molecule has 0 saturated carbocycles. The number of imidazole rings is 1. The highest BCUT2D eigenvalue weighted by molar-refractivity contribution is 7.14. The number of anilines is 1. The van der Waals surface area contributed by atoms with Crippen molar-refractivity contribution >= 4 is 28.6 Å². The number of H-pyrrole nitrogens is 1. The number of hydrogen-bond donors (Lipinski definition) is 2. The van der Waals surface area contributed by atoms with E-state index >= 15 is 0 Å². The predicted octanol–water partition coefficient (Wildman–Crippen LogP) is 4.96. The molecule has 3 nitrogen and oxygen atoms in total. The summed E-state index contributed by atoms with van der Waals surface area (Å²) >= 11 is 7.53. The van der Waals surface area contributed by atoms with E-state index in [1.165, 1.54) is 5.56 Å². The van der Waals surface area contributed by atoms with Crippen molar-refractivity contribution in [3.63, 3.8) is 0 Å². The van der Waals surface area contributed by atoms with E-state index in [1.807, 2.05) is 12.3 Å². The van der Waals surface area contributed by atoms with Crippen LogP contribution in [0.15, 0.2) is 48.2 Å². The number of aromatic amines is 1. The summed E-state index contributed by atoms with van der Waals surface area (Å²) in [6.45, 7) is 2.13. The molecule has 0 aliphatic rings. The van der Waals surface area contributed by atoms with Crippen LogP contribution in [0, 0.1) is 0 Å². The van der Waals surface area contributed by atoms with Crippen LogP contribution in [0.25, 0.3) is 11.3 Å². The number of nitrogens with zero attached hydrogens (tertiary/aromatic N) is 1. The first-order chi connectivity index (χ1) is 9.72. The van der Waals surface area contributed by atoms with Crippen molar-refractivity contribution in [1.29, 1.82) is 0 Å². The van der Waals surface area contributed by atoms with Crippen LogP contribution in [0.4, 0.5) is 5.69 Å². The van der Waals surface area contributed by atoms with Crippen LogP contribution in [-0.4, -0.2) is 9.97 Å². The lowest BCUT2D eigenvalue weighted by Crippen LogP contribution is -2.05. The molecule has 0 amide bonds. The lowest BCUT2D eigenvalue weighted by Gasteiger charge is -2.14. The summed E-state index contributed by atoms with van der Waals surface area (Å²) in [7, 11) is 0. The van der Waals surface area contributed by atoms with Gasteiger partial charge < -0.3 is 10.3 Å². The van der Waals surface area contributed by atoms with Crippen LogP contribution in [0.3, 0.4) is 0 Å². The van der Waals surface area contributed by atoms with Crippen LogP contribution in [0.1, 0.15) is 18.5 Å². The first-order valence-electron chi connectivity index (χ1n) is 6.31. The molecule has 0 aliphatic carbocycles. The van der Waals surface area contributed by atoms with Gasteiger partial charge in [0, 0.05) is 11.7 Å². The number of nitrogens with one attached hydrogen (secondary N) is 2. The standard InChI is InChI=1S/C15H14ClN3S/c1-10(12-6-15(16)20-8-12)19-13-4-2-11(3-5-13)14-7-17-9-18-14/h2-10,19H,1H3,(H,17,18). The second kappa shape index (κ2) is 5.69. The normalized spacial score (nSPS) is 12.3. The molecule has 0 bridgehead atoms. The van der Waals surface area contributed by atoms with Gasteiger partial charge in [0.2, 0.25) is 0 Å². The third-order valence-corrected chi connectivity index (χ3v) is 4.27. The van der Waals surface area contributed by atoms with E-state index < -0.39 is 0 Å². The molecule has 2 N–H and O–H groups in total. The fraction of sp³-hybridized carbons (Fsp3) is 0.133. The van der Waals surface area contributed by atoms with Gasteiger partial charge in [0.25, 0.3) is 0 Å². The molecule has 2 heterocycles. The third-order valence-electron chi connectivity index (χ3n) is 3.17. The monoisotopic (exact) mass is 303 g/mol. The number of halogens is 1. The van der Waals surface area contributed by atoms with Crippen molar-refractivity contribution < 1.29 is 0 Å². The van der Waals surface area contributed by atoms with Gasteiger partial charge in [-0.2, -0.15) is 0 Å². The molecule has 2 aromatic heterocycles. The minimum absolute atomic E-state index is 0.233. The van der Waals surface area contributed by atoms with Crippen molar-refractivity contribution in [2.24, 2.45) is 0 Å². The Labute approximate surface area is 126 Å². The topological polar surface area (TPSA) is 40.7 Å². The number of aromatic nitrogens is 2. The first kappa shape index (κ1) is 13.2. The largest absolute Gasteiger partial charge is 0.378 e. The van der Waals surface area contributed by atoms with Gasteiger partial charge in [-0.25, -0.2) is 4.98 Å². The Morgan fingerprint density at radius 2 is 2.10 bits per heavy atom. The molecule has 102 valence electrons. The maximum Gasteiger partial charge on any atom is 0.0931 e. The van der Waals surface area contributed by atoms with Crippen LogP contribution >= 0.6 is 22.9 Å². The van der Waals surface area contributed by atoms with E-state index in [0.29, 0.717) is 0 Å². The SMILES string of the molecule is CC(Nc1ccc(-c2cnc[nH]2)cc1)c1csc(Cl)c1. The summed E-state index contributed by atoms with van der Waals surface area (Å²) in [4.78, 5) is 7.13. The van der Waals surface area contributed by atoms with Crippen molar-refractivity contribution in [2.45, 2.75) is 13.0 Å². The number of hydrogen-bond acceptors (Lipinski definition) is 3. The Balaban J connectivity index is 1.72. The zero-order chi connectivity index (χ0) is 13.9. The molecule has 1 unspecified atom stereocenters. The van der Waals surface area contributed by atoms with Gasteiger partial charge in [0.1, 0.15) is 0 Å². The number of benzene rings is 1. The quantitative estimate of drug-likeness (QED) is 0.715. The van der Waals surface area contributed by atoms with E-state index in [9.17, 15) is 0 Å². The summed E-state index contributed by atoms with van der Waals surface area (Å²) in [6.07, 6.45) is 3.50. The molecule has 3 rings (SSSR count). The maximum atomic E-state index is 5.97. The Hall–Kier alpha value is -1.78. The zero-order valence-corrected chi connectivity index (χ0v) is 12.5. The molecule has 3 aromatic rings. The fourth-order valence-corrected chi connectivity index (χ4v) is 3.03. The van der Waals surface area contributed by atoms with Gasteiger partial charge in [-0.3, -0.25) is 0 Å². The predicted molar refractivity (Wildman–Crippen MR) is 85.4 cm³/mol. The second-order valence-electron chi connectivity index (χ2n) is 4.59. The second-order valence-corrected chi connectivity index (χ2v) is 6.14. The molecule has 5 heteroatoms. The van der Waals surface area contributed by atoms with E-state index in [-0.39, 0.29) is 6.04 Å². The van der Waals surface area contributed by atoms with E-state index in [2.05, 4.69) is 51.9 Å². The molecular weight excluding hydrogens is 290 g/mol. The lowest BCUT2D eigenvalue weighted by atomic mass is 10.1. The van der Waals surface area contributed by atoms with Crippen LogP contribution in [0.2, 0.25) is 4.34 Å².